The van der Waals surface area contributed by atoms with Crippen molar-refractivity contribution in [1.29, 1.82) is 0 Å². The number of carbonyl (C=O) groups is 3. The minimum atomic E-state index is -4.58. The number of morpholine rings is 1. The number of anilines is 2. The number of rotatable bonds is 6. The topological polar surface area (TPSA) is 88.2 Å². The summed E-state index contributed by atoms with van der Waals surface area (Å²) in [5.74, 6) is -1.69. The van der Waals surface area contributed by atoms with Gasteiger partial charge in [-0.3, -0.25) is 14.5 Å². The number of nitrogens with zero attached hydrogens (tertiary/aromatic N) is 2. The van der Waals surface area contributed by atoms with Crippen molar-refractivity contribution in [3.8, 4) is 0 Å². The fourth-order valence-corrected chi connectivity index (χ4v) is 4.14. The Kier molecular flexibility index (Phi) is 7.67. The molecule has 0 aromatic heterocycles. The number of thioether (sulfide) groups is 1. The Labute approximate surface area is 186 Å². The summed E-state index contributed by atoms with van der Waals surface area (Å²) in [5, 5.41) is 2.75. The molecule has 0 saturated carbocycles. The summed E-state index contributed by atoms with van der Waals surface area (Å²) in [6, 6.07) is 3.15. The van der Waals surface area contributed by atoms with Gasteiger partial charge >= 0.3 is 12.1 Å². The number of benzene rings is 1. The smallest absolute Gasteiger partial charge is 0.416 e. The number of carbonyl (C=O) groups excluding carboxylic acids is 3. The van der Waals surface area contributed by atoms with Gasteiger partial charge in [0, 0.05) is 13.1 Å². The van der Waals surface area contributed by atoms with Gasteiger partial charge < -0.3 is 19.7 Å². The van der Waals surface area contributed by atoms with Gasteiger partial charge in [-0.05, 0) is 25.1 Å². The van der Waals surface area contributed by atoms with Crippen molar-refractivity contribution in [2.45, 2.75) is 13.1 Å². The summed E-state index contributed by atoms with van der Waals surface area (Å²) in [4.78, 5) is 39.5. The Morgan fingerprint density at radius 2 is 2.00 bits per heavy atom. The molecule has 2 aliphatic rings. The third-order valence-corrected chi connectivity index (χ3v) is 5.72. The average Bonchev–Trinajstić information content (AvgIpc) is 3.07. The maximum absolute atomic E-state index is 13.2. The molecule has 0 aliphatic carbocycles. The van der Waals surface area contributed by atoms with Crippen LogP contribution in [-0.2, 0) is 30.0 Å². The van der Waals surface area contributed by atoms with Crippen LogP contribution < -0.4 is 10.2 Å². The summed E-state index contributed by atoms with van der Waals surface area (Å²) in [6.07, 6.45) is -3.46. The van der Waals surface area contributed by atoms with Crippen LogP contribution in [0.25, 0.3) is 0 Å². The summed E-state index contributed by atoms with van der Waals surface area (Å²) in [6.45, 7) is 3.09. The molecule has 2 fully saturated rings. The van der Waals surface area contributed by atoms with E-state index in [0.29, 0.717) is 32.0 Å². The van der Waals surface area contributed by atoms with E-state index in [1.807, 2.05) is 4.90 Å². The van der Waals surface area contributed by atoms with Crippen molar-refractivity contribution in [2.24, 2.45) is 0 Å². The Bertz CT molecular complexity index is 916. The molecule has 0 atom stereocenters. The van der Waals surface area contributed by atoms with Gasteiger partial charge in [-0.25, -0.2) is 4.79 Å². The van der Waals surface area contributed by atoms with Crippen molar-refractivity contribution in [3.63, 3.8) is 0 Å². The second kappa shape index (κ2) is 10.3. The van der Waals surface area contributed by atoms with Crippen LogP contribution in [0.4, 0.5) is 24.5 Å². The highest BCUT2D eigenvalue weighted by Gasteiger charge is 2.33. The van der Waals surface area contributed by atoms with E-state index in [9.17, 15) is 27.6 Å². The molecule has 2 aliphatic heterocycles. The van der Waals surface area contributed by atoms with Crippen LogP contribution in [0, 0.1) is 0 Å². The molecule has 8 nitrogen and oxygen atoms in total. The highest BCUT2D eigenvalue weighted by Crippen LogP contribution is 2.36. The molecule has 1 N–H and O–H groups in total. The second-order valence-electron chi connectivity index (χ2n) is 6.88. The minimum Gasteiger partial charge on any atom is -0.463 e. The van der Waals surface area contributed by atoms with E-state index < -0.39 is 36.1 Å². The first-order chi connectivity index (χ1) is 15.2. The summed E-state index contributed by atoms with van der Waals surface area (Å²) >= 11 is 1.08. The number of esters is 1. The lowest BCUT2D eigenvalue weighted by molar-refractivity contribution is -0.138. The minimum absolute atomic E-state index is 0.0121. The standard InChI is InChI=1S/C20H22F3N3O5S/c1-2-31-19(29)10-18-26(17(28)12-32-18)11-16(27)24-14-9-13(20(21,22)23)3-4-15(14)25-5-7-30-8-6-25/h3-4,9-10H,2,5-8,11-12H2,1H3,(H,24,27). The molecule has 3 rings (SSSR count). The molecule has 12 heteroatoms. The van der Waals surface area contributed by atoms with Gasteiger partial charge in [-0.1, -0.05) is 11.8 Å². The molecular formula is C20H22F3N3O5S. The van der Waals surface area contributed by atoms with E-state index >= 15 is 0 Å². The summed E-state index contributed by atoms with van der Waals surface area (Å²) in [7, 11) is 0. The molecule has 0 spiro atoms. The number of halogens is 3. The third-order valence-electron chi connectivity index (χ3n) is 4.69. The molecule has 174 valence electrons. The fourth-order valence-electron chi connectivity index (χ4n) is 3.21. The van der Waals surface area contributed by atoms with Gasteiger partial charge in [0.1, 0.15) is 6.54 Å². The Morgan fingerprint density at radius 3 is 2.66 bits per heavy atom. The predicted molar refractivity (Wildman–Crippen MR) is 112 cm³/mol. The molecule has 1 aromatic carbocycles. The molecule has 0 unspecified atom stereocenters. The third kappa shape index (κ3) is 5.94. The maximum Gasteiger partial charge on any atom is 0.416 e. The van der Waals surface area contributed by atoms with Gasteiger partial charge in [-0.2, -0.15) is 13.2 Å². The molecule has 2 amide bonds. The van der Waals surface area contributed by atoms with Crippen LogP contribution in [0.5, 0.6) is 0 Å². The monoisotopic (exact) mass is 473 g/mol. The first kappa shape index (κ1) is 23.9. The quantitative estimate of drug-likeness (QED) is 0.502. The van der Waals surface area contributed by atoms with E-state index in [2.05, 4.69) is 5.32 Å². The van der Waals surface area contributed by atoms with E-state index in [4.69, 9.17) is 9.47 Å². The van der Waals surface area contributed by atoms with Crippen LogP contribution in [0.1, 0.15) is 12.5 Å². The number of hydrogen-bond acceptors (Lipinski definition) is 7. The molecule has 2 heterocycles. The van der Waals surface area contributed by atoms with Crippen LogP contribution in [0.3, 0.4) is 0 Å². The van der Waals surface area contributed by atoms with Crippen molar-refractivity contribution in [2.75, 3.05) is 55.4 Å². The highest BCUT2D eigenvalue weighted by atomic mass is 32.2. The van der Waals surface area contributed by atoms with E-state index in [1.54, 1.807) is 6.92 Å². The van der Waals surface area contributed by atoms with Gasteiger partial charge in [0.15, 0.2) is 0 Å². The molecule has 32 heavy (non-hydrogen) atoms. The van der Waals surface area contributed by atoms with E-state index in [0.717, 1.165) is 34.9 Å². The van der Waals surface area contributed by atoms with E-state index in [1.165, 1.54) is 6.07 Å². The molecule has 2 saturated heterocycles. The normalized spacial score (nSPS) is 18.2. The predicted octanol–water partition coefficient (Wildman–Crippen LogP) is 2.46. The van der Waals surface area contributed by atoms with Gasteiger partial charge in [-0.15, -0.1) is 0 Å². The summed E-state index contributed by atoms with van der Waals surface area (Å²) in [5.41, 5.74) is -0.485. The zero-order chi connectivity index (χ0) is 23.3. The lowest BCUT2D eigenvalue weighted by atomic mass is 10.1. The lowest BCUT2D eigenvalue weighted by Crippen LogP contribution is -2.37. The van der Waals surface area contributed by atoms with Crippen molar-refractivity contribution in [3.05, 3.63) is 34.9 Å². The molecular weight excluding hydrogens is 451 g/mol. The van der Waals surface area contributed by atoms with Crippen LogP contribution >= 0.6 is 11.8 Å². The molecule has 1 aromatic rings. The maximum atomic E-state index is 13.2. The van der Waals surface area contributed by atoms with Crippen molar-refractivity contribution >= 4 is 40.9 Å². The zero-order valence-electron chi connectivity index (χ0n) is 17.2. The number of hydrogen-bond donors (Lipinski definition) is 1. The van der Waals surface area contributed by atoms with Gasteiger partial charge in [0.2, 0.25) is 11.8 Å². The van der Waals surface area contributed by atoms with E-state index in [-0.39, 0.29) is 23.1 Å². The number of nitrogens with one attached hydrogen (secondary N) is 1. The Balaban J connectivity index is 1.80. The molecule has 0 bridgehead atoms. The lowest BCUT2D eigenvalue weighted by Gasteiger charge is -2.31. The number of amides is 2. The SMILES string of the molecule is CCOC(=O)C=C1SCC(=O)N1CC(=O)Nc1cc(C(F)(F)F)ccc1N1CCOCC1. The zero-order valence-corrected chi connectivity index (χ0v) is 18.1. The first-order valence-electron chi connectivity index (χ1n) is 9.84. The molecule has 0 radical (unpaired) electrons. The number of ether oxygens (including phenoxy) is 2. The summed E-state index contributed by atoms with van der Waals surface area (Å²) < 4.78 is 49.8. The average molecular weight is 473 g/mol. The van der Waals surface area contributed by atoms with Crippen LogP contribution in [-0.4, -0.2) is 67.9 Å². The number of alkyl halides is 3. The van der Waals surface area contributed by atoms with Gasteiger partial charge in [0.05, 0.1) is 53.6 Å². The largest absolute Gasteiger partial charge is 0.463 e. The van der Waals surface area contributed by atoms with Crippen LogP contribution in [0.2, 0.25) is 0 Å². The van der Waals surface area contributed by atoms with Crippen molar-refractivity contribution in [1.82, 2.24) is 4.90 Å². The second-order valence-corrected chi connectivity index (χ2v) is 7.88. The van der Waals surface area contributed by atoms with Crippen molar-refractivity contribution < 1.29 is 37.0 Å². The van der Waals surface area contributed by atoms with Crippen LogP contribution in [0.15, 0.2) is 29.3 Å². The van der Waals surface area contributed by atoms with Gasteiger partial charge in [0.25, 0.3) is 0 Å². The first-order valence-corrected chi connectivity index (χ1v) is 10.8. The fraction of sp³-hybridized carbons (Fsp3) is 0.450. The highest BCUT2D eigenvalue weighted by molar-refractivity contribution is 8.04. The Hall–Kier alpha value is -2.73. The Morgan fingerprint density at radius 1 is 1.28 bits per heavy atom.